The molecule has 1 aromatic carbocycles. The van der Waals surface area contributed by atoms with E-state index < -0.39 is 7.82 Å². The molecule has 0 fully saturated rings. The second-order valence-electron chi connectivity index (χ2n) is 9.40. The Morgan fingerprint density at radius 3 is 1.58 bits per heavy atom. The smallest absolute Gasteiger partial charge is 0.325 e. The summed E-state index contributed by atoms with van der Waals surface area (Å²) in [6, 6.07) is 10.8. The summed E-state index contributed by atoms with van der Waals surface area (Å²) in [4.78, 5) is 21.6. The lowest BCUT2D eigenvalue weighted by Crippen LogP contribution is -2.42. The highest BCUT2D eigenvalue weighted by Crippen LogP contribution is 2.26. The molecule has 1 aromatic rings. The van der Waals surface area contributed by atoms with Gasteiger partial charge in [-0.05, 0) is 38.2 Å². The fourth-order valence-corrected chi connectivity index (χ4v) is 3.87. The first-order chi connectivity index (χ1) is 14.5. The van der Waals surface area contributed by atoms with Crippen molar-refractivity contribution >= 4 is 7.82 Å². The molecule has 5 nitrogen and oxygen atoms in total. The number of phosphoric acid groups is 1. The molecular weight excluding hydrogens is 409 g/mol. The van der Waals surface area contributed by atoms with Gasteiger partial charge in [-0.15, -0.1) is 0 Å². The van der Waals surface area contributed by atoms with E-state index in [9.17, 15) is 0 Å². The second-order valence-corrected chi connectivity index (χ2v) is 10.4. The molecule has 1 atom stereocenters. The Balaban J connectivity index is 0.00000161. The zero-order valence-electron chi connectivity index (χ0n) is 20.1. The number of nitrogens with two attached hydrogens (primary N) is 1. The van der Waals surface area contributed by atoms with Crippen LogP contribution in [0.3, 0.4) is 0 Å². The van der Waals surface area contributed by atoms with Gasteiger partial charge in [0.2, 0.25) is 0 Å². The third kappa shape index (κ3) is 22.3. The van der Waals surface area contributed by atoms with Gasteiger partial charge in [0, 0.05) is 5.54 Å². The van der Waals surface area contributed by atoms with Gasteiger partial charge in [-0.2, -0.15) is 0 Å². The average molecular weight is 458 g/mol. The molecule has 5 N–H and O–H groups in total. The average Bonchev–Trinajstić information content (AvgIpc) is 2.66. The Labute approximate surface area is 191 Å². The second kappa shape index (κ2) is 17.8. The zero-order chi connectivity index (χ0) is 23.6. The molecule has 0 radical (unpaired) electrons. The van der Waals surface area contributed by atoms with Crippen molar-refractivity contribution in [1.29, 1.82) is 0 Å². The van der Waals surface area contributed by atoms with E-state index in [1.54, 1.807) is 0 Å². The van der Waals surface area contributed by atoms with Crippen LogP contribution < -0.4 is 5.73 Å². The third-order valence-corrected chi connectivity index (χ3v) is 5.78. The van der Waals surface area contributed by atoms with Crippen molar-refractivity contribution in [1.82, 2.24) is 0 Å². The lowest BCUT2D eigenvalue weighted by atomic mass is 9.80. The highest BCUT2D eigenvalue weighted by Gasteiger charge is 2.24. The molecule has 31 heavy (non-hydrogen) atoms. The fourth-order valence-electron chi connectivity index (χ4n) is 3.87. The van der Waals surface area contributed by atoms with Crippen LogP contribution in [0.5, 0.6) is 0 Å². The lowest BCUT2D eigenvalue weighted by molar-refractivity contribution is 0.275. The van der Waals surface area contributed by atoms with E-state index >= 15 is 0 Å². The van der Waals surface area contributed by atoms with Gasteiger partial charge < -0.3 is 20.4 Å². The molecule has 1 rings (SSSR count). The van der Waals surface area contributed by atoms with Gasteiger partial charge in [0.1, 0.15) is 0 Å². The molecule has 0 saturated heterocycles. The minimum Gasteiger partial charge on any atom is -0.325 e. The SMILES string of the molecule is CCCCCCCCCCCCCCC(Cc1ccccc1)C(C)(C)N.O=P(O)(O)O. The minimum atomic E-state index is -4.64. The number of hydrogen-bond donors (Lipinski definition) is 4. The molecule has 0 aliphatic heterocycles. The van der Waals surface area contributed by atoms with Crippen molar-refractivity contribution in [2.45, 2.75) is 116 Å². The van der Waals surface area contributed by atoms with Gasteiger partial charge in [0.25, 0.3) is 0 Å². The van der Waals surface area contributed by atoms with Crippen molar-refractivity contribution in [3.8, 4) is 0 Å². The largest absolute Gasteiger partial charge is 0.466 e. The Kier molecular flexibility index (Phi) is 17.4. The molecule has 0 spiro atoms. The summed E-state index contributed by atoms with van der Waals surface area (Å²) < 4.78 is 8.88. The summed E-state index contributed by atoms with van der Waals surface area (Å²) in [6.07, 6.45) is 19.3. The van der Waals surface area contributed by atoms with E-state index in [1.807, 2.05) is 0 Å². The van der Waals surface area contributed by atoms with Crippen LogP contribution >= 0.6 is 7.82 Å². The molecule has 0 aliphatic carbocycles. The number of hydrogen-bond acceptors (Lipinski definition) is 2. The van der Waals surface area contributed by atoms with E-state index in [-0.39, 0.29) is 5.54 Å². The summed E-state index contributed by atoms with van der Waals surface area (Å²) in [5, 5.41) is 0. The van der Waals surface area contributed by atoms with Crippen molar-refractivity contribution in [3.05, 3.63) is 35.9 Å². The molecule has 0 bridgehead atoms. The van der Waals surface area contributed by atoms with Gasteiger partial charge >= 0.3 is 7.82 Å². The number of rotatable bonds is 16. The van der Waals surface area contributed by atoms with Gasteiger partial charge in [0.15, 0.2) is 0 Å². The van der Waals surface area contributed by atoms with Gasteiger partial charge in [-0.25, -0.2) is 4.57 Å². The molecule has 0 aromatic heterocycles. The molecule has 1 unspecified atom stereocenters. The Bertz CT molecular complexity index is 560. The normalized spacial score (nSPS) is 12.9. The van der Waals surface area contributed by atoms with Crippen LogP contribution in [0.2, 0.25) is 0 Å². The van der Waals surface area contributed by atoms with Crippen molar-refractivity contribution in [2.24, 2.45) is 11.7 Å². The summed E-state index contributed by atoms with van der Waals surface area (Å²) >= 11 is 0. The number of unbranched alkanes of at least 4 members (excludes halogenated alkanes) is 11. The summed E-state index contributed by atoms with van der Waals surface area (Å²) in [7, 11) is -4.64. The first-order valence-electron chi connectivity index (χ1n) is 12.1. The quantitative estimate of drug-likeness (QED) is 0.162. The maximum absolute atomic E-state index is 8.88. The maximum atomic E-state index is 8.88. The molecule has 6 heteroatoms. The van der Waals surface area contributed by atoms with Gasteiger partial charge in [0.05, 0.1) is 0 Å². The molecule has 0 saturated carbocycles. The summed E-state index contributed by atoms with van der Waals surface area (Å²) in [5.41, 5.74) is 7.80. The predicted molar refractivity (Wildman–Crippen MR) is 132 cm³/mol. The van der Waals surface area contributed by atoms with Crippen molar-refractivity contribution in [3.63, 3.8) is 0 Å². The van der Waals surface area contributed by atoms with Gasteiger partial charge in [-0.3, -0.25) is 0 Å². The van der Waals surface area contributed by atoms with Crippen LogP contribution in [0.4, 0.5) is 0 Å². The topological polar surface area (TPSA) is 104 Å². The molecule has 182 valence electrons. The highest BCUT2D eigenvalue weighted by atomic mass is 31.2. The molecule has 0 aliphatic rings. The highest BCUT2D eigenvalue weighted by molar-refractivity contribution is 7.45. The van der Waals surface area contributed by atoms with Crippen LogP contribution in [0.15, 0.2) is 30.3 Å². The van der Waals surface area contributed by atoms with E-state index in [0.29, 0.717) is 5.92 Å². The Morgan fingerprint density at radius 2 is 1.19 bits per heavy atom. The minimum absolute atomic E-state index is 0.0897. The summed E-state index contributed by atoms with van der Waals surface area (Å²) in [5.74, 6) is 0.577. The molecule has 0 heterocycles. The first kappa shape index (κ1) is 30.3. The van der Waals surface area contributed by atoms with E-state index in [2.05, 4.69) is 51.1 Å². The Morgan fingerprint density at radius 1 is 0.806 bits per heavy atom. The van der Waals surface area contributed by atoms with Gasteiger partial charge in [-0.1, -0.05) is 114 Å². The van der Waals surface area contributed by atoms with Crippen molar-refractivity contribution in [2.75, 3.05) is 0 Å². The monoisotopic (exact) mass is 457 g/mol. The Hall–Kier alpha value is -0.710. The lowest BCUT2D eigenvalue weighted by Gasteiger charge is -2.31. The predicted octanol–water partition coefficient (Wildman–Crippen LogP) is 6.75. The maximum Gasteiger partial charge on any atom is 0.466 e. The van der Waals surface area contributed by atoms with Crippen LogP contribution in [-0.4, -0.2) is 20.2 Å². The summed E-state index contributed by atoms with van der Waals surface area (Å²) in [6.45, 7) is 6.68. The molecule has 0 amide bonds. The first-order valence-corrected chi connectivity index (χ1v) is 13.7. The van der Waals surface area contributed by atoms with E-state index in [0.717, 1.165) is 6.42 Å². The van der Waals surface area contributed by atoms with Crippen LogP contribution in [0.1, 0.15) is 110 Å². The fraction of sp³-hybridized carbons (Fsp3) is 0.760. The van der Waals surface area contributed by atoms with Crippen molar-refractivity contribution < 1.29 is 19.2 Å². The standard InChI is InChI=1S/C25H45N.H3O4P/c1-4-5-6-7-8-9-10-11-12-13-14-18-21-24(25(2,3)26)22-23-19-16-15-17-20-23;1-5(2,3)4/h15-17,19-20,24H,4-14,18,21-22,26H2,1-3H3;(H3,1,2,3,4). The van der Waals surface area contributed by atoms with Crippen LogP contribution in [0, 0.1) is 5.92 Å². The molecular formula is C25H48NO4P. The van der Waals surface area contributed by atoms with Crippen LogP contribution in [0.25, 0.3) is 0 Å². The zero-order valence-corrected chi connectivity index (χ0v) is 21.0. The van der Waals surface area contributed by atoms with E-state index in [1.165, 1.54) is 89.0 Å². The van der Waals surface area contributed by atoms with E-state index in [4.69, 9.17) is 25.0 Å². The number of benzene rings is 1. The van der Waals surface area contributed by atoms with Crippen LogP contribution in [-0.2, 0) is 11.0 Å². The third-order valence-electron chi connectivity index (χ3n) is 5.78.